The van der Waals surface area contributed by atoms with Gasteiger partial charge in [0.1, 0.15) is 11.6 Å². The molecule has 0 aromatic rings. The van der Waals surface area contributed by atoms with E-state index >= 15 is 0 Å². The molecule has 0 fully saturated rings. The predicted molar refractivity (Wildman–Crippen MR) is 91.3 cm³/mol. The molecule has 1 atom stereocenters. The molecule has 0 aliphatic carbocycles. The van der Waals surface area contributed by atoms with Gasteiger partial charge in [-0.15, -0.1) is 0 Å². The molecule has 0 heterocycles. The third-order valence-corrected chi connectivity index (χ3v) is 3.35. The van der Waals surface area contributed by atoms with Crippen molar-refractivity contribution in [3.63, 3.8) is 0 Å². The molecule has 0 unspecified atom stereocenters. The van der Waals surface area contributed by atoms with E-state index in [4.69, 9.17) is 9.47 Å². The van der Waals surface area contributed by atoms with Crippen molar-refractivity contribution in [1.82, 2.24) is 10.6 Å². The van der Waals surface area contributed by atoms with E-state index in [1.54, 1.807) is 7.05 Å². The van der Waals surface area contributed by atoms with Crippen LogP contribution in [0.2, 0.25) is 0 Å². The first-order valence-corrected chi connectivity index (χ1v) is 7.98. The van der Waals surface area contributed by atoms with Crippen LogP contribution in [0.5, 0.6) is 0 Å². The summed E-state index contributed by atoms with van der Waals surface area (Å²) in [5.41, 5.74) is -1.17. The van der Waals surface area contributed by atoms with Crippen molar-refractivity contribution in [2.45, 2.75) is 78.5 Å². The summed E-state index contributed by atoms with van der Waals surface area (Å²) in [5, 5.41) is 5.89. The Morgan fingerprint density at radius 3 is 1.96 bits per heavy atom. The first kappa shape index (κ1) is 21.7. The van der Waals surface area contributed by atoms with E-state index in [1.165, 1.54) is 7.11 Å². The van der Waals surface area contributed by atoms with Crippen molar-refractivity contribution in [3.05, 3.63) is 0 Å². The number of methoxy groups -OCH3 is 1. The van der Waals surface area contributed by atoms with Gasteiger partial charge < -0.3 is 20.1 Å². The van der Waals surface area contributed by atoms with Gasteiger partial charge in [-0.2, -0.15) is 0 Å². The number of alkyl carbamates (subject to hydrolysis) is 1. The van der Waals surface area contributed by atoms with Gasteiger partial charge in [0.25, 0.3) is 0 Å². The molecule has 0 saturated heterocycles. The summed E-state index contributed by atoms with van der Waals surface area (Å²) in [6, 6.07) is -0.368. The van der Waals surface area contributed by atoms with Crippen LogP contribution < -0.4 is 10.6 Å². The number of likely N-dealkylation sites (N-methyl/N-ethyl adjacent to an activating group) is 1. The number of carbonyl (C=O) groups is 2. The average Bonchev–Trinajstić information content (AvgIpc) is 2.30. The zero-order chi connectivity index (χ0) is 18.5. The average molecular weight is 330 g/mol. The van der Waals surface area contributed by atoms with Crippen LogP contribution in [-0.2, 0) is 14.3 Å². The zero-order valence-electron chi connectivity index (χ0n) is 16.1. The fraction of sp³-hybridized carbons (Fsp3) is 0.882. The molecule has 0 radical (unpaired) electrons. The molecule has 0 aliphatic heterocycles. The minimum absolute atomic E-state index is 0.180. The minimum Gasteiger partial charge on any atom is -0.468 e. The summed E-state index contributed by atoms with van der Waals surface area (Å²) < 4.78 is 10.1. The topological polar surface area (TPSA) is 76.7 Å². The third-order valence-electron chi connectivity index (χ3n) is 3.35. The molecule has 1 amide bonds. The van der Waals surface area contributed by atoms with Crippen LogP contribution in [0.1, 0.15) is 61.3 Å². The number of esters is 1. The fourth-order valence-electron chi connectivity index (χ4n) is 2.89. The maximum atomic E-state index is 12.0. The van der Waals surface area contributed by atoms with E-state index in [2.05, 4.69) is 24.5 Å². The minimum atomic E-state index is -0.530. The van der Waals surface area contributed by atoms with Gasteiger partial charge in [0, 0.05) is 5.54 Å². The molecule has 23 heavy (non-hydrogen) atoms. The van der Waals surface area contributed by atoms with Gasteiger partial charge in [0.05, 0.1) is 7.11 Å². The molecule has 0 rings (SSSR count). The molecule has 6 heteroatoms. The van der Waals surface area contributed by atoms with Crippen LogP contribution >= 0.6 is 0 Å². The Morgan fingerprint density at radius 2 is 1.57 bits per heavy atom. The van der Waals surface area contributed by atoms with Crippen LogP contribution in [0.3, 0.4) is 0 Å². The summed E-state index contributed by atoms with van der Waals surface area (Å²) in [6.07, 6.45) is 0.862. The molecule has 0 aromatic heterocycles. The van der Waals surface area contributed by atoms with Gasteiger partial charge in [-0.1, -0.05) is 13.8 Å². The monoisotopic (exact) mass is 330 g/mol. The summed E-state index contributed by atoms with van der Waals surface area (Å²) in [7, 11) is 3.12. The van der Waals surface area contributed by atoms with E-state index < -0.39 is 17.2 Å². The number of rotatable bonds is 7. The van der Waals surface area contributed by atoms with Crippen molar-refractivity contribution < 1.29 is 19.1 Å². The number of ether oxygens (including phenoxy) is 2. The van der Waals surface area contributed by atoms with E-state index in [0.29, 0.717) is 12.8 Å². The summed E-state index contributed by atoms with van der Waals surface area (Å²) in [6.45, 7) is 13.5. The molecule has 0 saturated carbocycles. The zero-order valence-corrected chi connectivity index (χ0v) is 16.1. The van der Waals surface area contributed by atoms with Crippen molar-refractivity contribution in [3.8, 4) is 0 Å². The number of hydrogen-bond acceptors (Lipinski definition) is 5. The smallest absolute Gasteiger partial charge is 0.408 e. The number of amides is 1. The Morgan fingerprint density at radius 1 is 1.04 bits per heavy atom. The maximum absolute atomic E-state index is 12.0. The van der Waals surface area contributed by atoms with Crippen molar-refractivity contribution in [2.75, 3.05) is 14.2 Å². The van der Waals surface area contributed by atoms with Gasteiger partial charge in [-0.3, -0.25) is 4.79 Å². The summed E-state index contributed by atoms with van der Waals surface area (Å²) in [5.74, 6) is -0.279. The number of nitrogens with one attached hydrogen (secondary N) is 2. The molecular weight excluding hydrogens is 296 g/mol. The van der Waals surface area contributed by atoms with Gasteiger partial charge in [0.2, 0.25) is 0 Å². The summed E-state index contributed by atoms with van der Waals surface area (Å²) >= 11 is 0. The van der Waals surface area contributed by atoms with Crippen LogP contribution in [0, 0.1) is 5.41 Å². The lowest BCUT2D eigenvalue weighted by molar-refractivity contribution is -0.144. The Labute approximate surface area is 140 Å². The lowest BCUT2D eigenvalue weighted by Gasteiger charge is -2.37. The van der Waals surface area contributed by atoms with Crippen molar-refractivity contribution >= 4 is 12.1 Å². The second kappa shape index (κ2) is 7.99. The van der Waals surface area contributed by atoms with Gasteiger partial charge in [-0.05, 0) is 59.9 Å². The van der Waals surface area contributed by atoms with Crippen molar-refractivity contribution in [2.24, 2.45) is 5.41 Å². The molecule has 6 nitrogen and oxygen atoms in total. The molecule has 0 bridgehead atoms. The van der Waals surface area contributed by atoms with Crippen LogP contribution in [-0.4, -0.2) is 43.4 Å². The quantitative estimate of drug-likeness (QED) is 0.702. The highest BCUT2D eigenvalue weighted by atomic mass is 16.6. The van der Waals surface area contributed by atoms with Crippen LogP contribution in [0.4, 0.5) is 4.79 Å². The van der Waals surface area contributed by atoms with Crippen LogP contribution in [0.15, 0.2) is 0 Å². The SMILES string of the molecule is CN[C@@H](CC(C)(C)CC(C)(C)NC(=O)OC(C)(C)C)C(=O)OC. The largest absolute Gasteiger partial charge is 0.468 e. The Hall–Kier alpha value is -1.30. The Balaban J connectivity index is 4.78. The predicted octanol–water partition coefficient (Wildman–Crippen LogP) is 2.86. The molecular formula is C17H34N2O4. The fourth-order valence-corrected chi connectivity index (χ4v) is 2.89. The van der Waals surface area contributed by atoms with E-state index in [1.807, 2.05) is 34.6 Å². The second-order valence-electron chi connectivity index (χ2n) is 8.42. The van der Waals surface area contributed by atoms with Gasteiger partial charge >= 0.3 is 12.1 Å². The summed E-state index contributed by atoms with van der Waals surface area (Å²) in [4.78, 5) is 23.7. The number of hydrogen-bond donors (Lipinski definition) is 2. The standard InChI is InChI=1S/C17H34N2O4/c1-15(2,3)23-14(21)19-17(6,7)11-16(4,5)10-12(18-8)13(20)22-9/h12,18H,10-11H2,1-9H3,(H,19,21)/t12-/m0/s1. The normalized spacial score (nSPS) is 14.1. The second-order valence-corrected chi connectivity index (χ2v) is 8.42. The molecule has 0 aromatic carbocycles. The van der Waals surface area contributed by atoms with Gasteiger partial charge in [-0.25, -0.2) is 4.79 Å². The van der Waals surface area contributed by atoms with Crippen molar-refractivity contribution in [1.29, 1.82) is 0 Å². The highest BCUT2D eigenvalue weighted by Gasteiger charge is 2.34. The number of carbonyl (C=O) groups excluding carboxylic acids is 2. The van der Waals surface area contributed by atoms with Crippen LogP contribution in [0.25, 0.3) is 0 Å². The van der Waals surface area contributed by atoms with E-state index in [-0.39, 0.29) is 17.4 Å². The van der Waals surface area contributed by atoms with Gasteiger partial charge in [0.15, 0.2) is 0 Å². The lowest BCUT2D eigenvalue weighted by atomic mass is 9.76. The van der Waals surface area contributed by atoms with E-state index in [9.17, 15) is 9.59 Å². The molecule has 136 valence electrons. The first-order valence-electron chi connectivity index (χ1n) is 7.98. The highest BCUT2D eigenvalue weighted by Crippen LogP contribution is 2.33. The first-order chi connectivity index (χ1) is 10.2. The Kier molecular flexibility index (Phi) is 7.54. The lowest BCUT2D eigenvalue weighted by Crippen LogP contribution is -2.49. The highest BCUT2D eigenvalue weighted by molar-refractivity contribution is 5.75. The maximum Gasteiger partial charge on any atom is 0.408 e. The Bertz CT molecular complexity index is 411. The molecule has 0 aliphatic rings. The molecule has 0 spiro atoms. The van der Waals surface area contributed by atoms with E-state index in [0.717, 1.165) is 0 Å². The third kappa shape index (κ3) is 9.43. The molecule has 2 N–H and O–H groups in total.